The van der Waals surface area contributed by atoms with Gasteiger partial charge < -0.3 is 5.32 Å². The summed E-state index contributed by atoms with van der Waals surface area (Å²) in [4.78, 5) is 2.44. The second-order valence-electron chi connectivity index (χ2n) is 3.95. The lowest BCUT2D eigenvalue weighted by Crippen LogP contribution is -2.24. The maximum atomic E-state index is 3.78. The van der Waals surface area contributed by atoms with Crippen LogP contribution in [0.3, 0.4) is 0 Å². The van der Waals surface area contributed by atoms with Crippen molar-refractivity contribution in [3.63, 3.8) is 0 Å². The molecule has 0 spiro atoms. The average molecular weight is 212 g/mol. The van der Waals surface area contributed by atoms with Crippen LogP contribution in [0.25, 0.3) is 0 Å². The van der Waals surface area contributed by atoms with Crippen molar-refractivity contribution in [3.8, 4) is 0 Å². The maximum absolute atomic E-state index is 3.78. The van der Waals surface area contributed by atoms with E-state index in [-0.39, 0.29) is 0 Å². The number of nitrogens with zero attached hydrogens (tertiary/aromatic N) is 1. The fourth-order valence-corrected chi connectivity index (χ4v) is 1.68. The van der Waals surface area contributed by atoms with Gasteiger partial charge in [-0.2, -0.15) is 0 Å². The Labute approximate surface area is 95.7 Å². The van der Waals surface area contributed by atoms with E-state index in [4.69, 9.17) is 0 Å². The molecule has 0 aliphatic rings. The van der Waals surface area contributed by atoms with E-state index in [1.54, 1.807) is 0 Å². The SMILES string of the molecule is C=CCN(CC)CCCCCCNCC. The highest BCUT2D eigenvalue weighted by atomic mass is 15.1. The Balaban J connectivity index is 3.17. The van der Waals surface area contributed by atoms with Crippen LogP contribution in [-0.4, -0.2) is 37.6 Å². The molecule has 0 aliphatic carbocycles. The third-order valence-corrected chi connectivity index (χ3v) is 2.66. The van der Waals surface area contributed by atoms with E-state index in [1.165, 1.54) is 38.8 Å². The van der Waals surface area contributed by atoms with Gasteiger partial charge >= 0.3 is 0 Å². The topological polar surface area (TPSA) is 15.3 Å². The van der Waals surface area contributed by atoms with Crippen LogP contribution < -0.4 is 5.32 Å². The van der Waals surface area contributed by atoms with Crippen LogP contribution >= 0.6 is 0 Å². The molecule has 0 saturated heterocycles. The molecule has 0 aromatic heterocycles. The molecule has 2 heteroatoms. The number of unbranched alkanes of at least 4 members (excludes halogenated alkanes) is 3. The largest absolute Gasteiger partial charge is 0.317 e. The van der Waals surface area contributed by atoms with E-state index in [9.17, 15) is 0 Å². The summed E-state index contributed by atoms with van der Waals surface area (Å²) in [6.45, 7) is 13.8. The van der Waals surface area contributed by atoms with Crippen LogP contribution in [0, 0.1) is 0 Å². The number of nitrogens with one attached hydrogen (secondary N) is 1. The lowest BCUT2D eigenvalue weighted by atomic mass is 10.2. The predicted octanol–water partition coefficient (Wildman–Crippen LogP) is 2.66. The first kappa shape index (κ1) is 14.7. The smallest absolute Gasteiger partial charge is 0.0160 e. The lowest BCUT2D eigenvalue weighted by molar-refractivity contribution is 0.309. The zero-order valence-corrected chi connectivity index (χ0v) is 10.6. The van der Waals surface area contributed by atoms with Crippen LogP contribution in [0.2, 0.25) is 0 Å². The first-order valence-electron chi connectivity index (χ1n) is 6.39. The predicted molar refractivity (Wildman–Crippen MR) is 69.3 cm³/mol. The Morgan fingerprint density at radius 2 is 1.87 bits per heavy atom. The molecular formula is C13H28N2. The van der Waals surface area contributed by atoms with E-state index in [0.717, 1.165) is 19.6 Å². The average Bonchev–Trinajstić information content (AvgIpc) is 2.26. The van der Waals surface area contributed by atoms with Gasteiger partial charge in [0, 0.05) is 6.54 Å². The molecule has 0 unspecified atom stereocenters. The second-order valence-corrected chi connectivity index (χ2v) is 3.95. The Morgan fingerprint density at radius 1 is 1.13 bits per heavy atom. The van der Waals surface area contributed by atoms with Crippen LogP contribution in [-0.2, 0) is 0 Å². The van der Waals surface area contributed by atoms with E-state index in [1.807, 2.05) is 6.08 Å². The molecule has 0 aromatic rings. The van der Waals surface area contributed by atoms with Gasteiger partial charge in [-0.05, 0) is 39.0 Å². The molecule has 1 N–H and O–H groups in total. The van der Waals surface area contributed by atoms with Crippen molar-refractivity contribution in [1.82, 2.24) is 10.2 Å². The minimum Gasteiger partial charge on any atom is -0.317 e. The van der Waals surface area contributed by atoms with E-state index >= 15 is 0 Å². The third-order valence-electron chi connectivity index (χ3n) is 2.66. The molecule has 0 aliphatic heterocycles. The van der Waals surface area contributed by atoms with Gasteiger partial charge in [0.25, 0.3) is 0 Å². The molecule has 0 atom stereocenters. The monoisotopic (exact) mass is 212 g/mol. The van der Waals surface area contributed by atoms with Crippen molar-refractivity contribution in [3.05, 3.63) is 12.7 Å². The highest BCUT2D eigenvalue weighted by Gasteiger charge is 1.98. The normalized spacial score (nSPS) is 10.9. The van der Waals surface area contributed by atoms with Gasteiger partial charge in [0.15, 0.2) is 0 Å². The number of hydrogen-bond acceptors (Lipinski definition) is 2. The molecule has 0 heterocycles. The summed E-state index contributed by atoms with van der Waals surface area (Å²) in [5.41, 5.74) is 0. The zero-order chi connectivity index (χ0) is 11.4. The summed E-state index contributed by atoms with van der Waals surface area (Å²) in [6, 6.07) is 0. The highest BCUT2D eigenvalue weighted by molar-refractivity contribution is 4.72. The molecule has 0 aromatic carbocycles. The lowest BCUT2D eigenvalue weighted by Gasteiger charge is -2.17. The first-order valence-corrected chi connectivity index (χ1v) is 6.39. The molecule has 0 saturated carbocycles. The van der Waals surface area contributed by atoms with E-state index < -0.39 is 0 Å². The van der Waals surface area contributed by atoms with Gasteiger partial charge in [-0.15, -0.1) is 6.58 Å². The number of likely N-dealkylation sites (N-methyl/N-ethyl adjacent to an activating group) is 1. The summed E-state index contributed by atoms with van der Waals surface area (Å²) < 4.78 is 0. The maximum Gasteiger partial charge on any atom is 0.0160 e. The van der Waals surface area contributed by atoms with Gasteiger partial charge in [0.1, 0.15) is 0 Å². The molecule has 0 fully saturated rings. The van der Waals surface area contributed by atoms with Gasteiger partial charge in [0.2, 0.25) is 0 Å². The van der Waals surface area contributed by atoms with Gasteiger partial charge in [-0.25, -0.2) is 0 Å². The van der Waals surface area contributed by atoms with Crippen molar-refractivity contribution >= 4 is 0 Å². The second kappa shape index (κ2) is 11.7. The van der Waals surface area contributed by atoms with Crippen molar-refractivity contribution in [2.24, 2.45) is 0 Å². The van der Waals surface area contributed by atoms with Crippen molar-refractivity contribution < 1.29 is 0 Å². The van der Waals surface area contributed by atoms with Gasteiger partial charge in [0.05, 0.1) is 0 Å². The molecule has 0 rings (SSSR count). The summed E-state index contributed by atoms with van der Waals surface area (Å²) in [6.07, 6.45) is 7.36. The summed E-state index contributed by atoms with van der Waals surface area (Å²) in [7, 11) is 0. The Bertz CT molecular complexity index is 134. The summed E-state index contributed by atoms with van der Waals surface area (Å²) >= 11 is 0. The van der Waals surface area contributed by atoms with Crippen LogP contribution in [0.15, 0.2) is 12.7 Å². The quantitative estimate of drug-likeness (QED) is 0.418. The van der Waals surface area contributed by atoms with Crippen LogP contribution in [0.4, 0.5) is 0 Å². The van der Waals surface area contributed by atoms with Crippen molar-refractivity contribution in [2.45, 2.75) is 39.5 Å². The molecule has 2 nitrogen and oxygen atoms in total. The minimum absolute atomic E-state index is 1.04. The molecule has 0 bridgehead atoms. The molecule has 0 amide bonds. The standard InChI is InChI=1S/C13H28N2/c1-4-12-15(6-3)13-10-8-7-9-11-14-5-2/h4,14H,1,5-13H2,2-3H3. The van der Waals surface area contributed by atoms with Gasteiger partial charge in [-0.1, -0.05) is 32.8 Å². The van der Waals surface area contributed by atoms with Crippen molar-refractivity contribution in [2.75, 3.05) is 32.7 Å². The Morgan fingerprint density at radius 3 is 2.47 bits per heavy atom. The summed E-state index contributed by atoms with van der Waals surface area (Å²) in [5.74, 6) is 0. The fraction of sp³-hybridized carbons (Fsp3) is 0.846. The van der Waals surface area contributed by atoms with Crippen LogP contribution in [0.5, 0.6) is 0 Å². The summed E-state index contributed by atoms with van der Waals surface area (Å²) in [5, 5.41) is 3.36. The van der Waals surface area contributed by atoms with Crippen LogP contribution in [0.1, 0.15) is 39.5 Å². The number of hydrogen-bond donors (Lipinski definition) is 1. The van der Waals surface area contributed by atoms with Gasteiger partial charge in [-0.3, -0.25) is 4.90 Å². The van der Waals surface area contributed by atoms with Crippen molar-refractivity contribution in [1.29, 1.82) is 0 Å². The molecular weight excluding hydrogens is 184 g/mol. The minimum atomic E-state index is 1.04. The first-order chi connectivity index (χ1) is 7.35. The molecule has 15 heavy (non-hydrogen) atoms. The number of rotatable bonds is 11. The fourth-order valence-electron chi connectivity index (χ4n) is 1.68. The zero-order valence-electron chi connectivity index (χ0n) is 10.6. The Hall–Kier alpha value is -0.340. The third kappa shape index (κ3) is 9.95. The van der Waals surface area contributed by atoms with E-state index in [0.29, 0.717) is 0 Å². The van der Waals surface area contributed by atoms with E-state index in [2.05, 4.69) is 30.6 Å². The molecule has 90 valence electrons. The Kier molecular flexibility index (Phi) is 11.5. The molecule has 0 radical (unpaired) electrons. The highest BCUT2D eigenvalue weighted by Crippen LogP contribution is 2.01.